The number of anilines is 1. The highest BCUT2D eigenvalue weighted by molar-refractivity contribution is 7.91. The molecule has 0 unspecified atom stereocenters. The van der Waals surface area contributed by atoms with Crippen LogP contribution in [0.15, 0.2) is 46.0 Å². The van der Waals surface area contributed by atoms with Gasteiger partial charge in [-0.15, -0.1) is 11.3 Å². The van der Waals surface area contributed by atoms with Gasteiger partial charge in [0.05, 0.1) is 4.92 Å². The molecule has 1 aromatic heterocycles. The number of nitrogens with one attached hydrogen (secondary N) is 1. The van der Waals surface area contributed by atoms with Crippen LogP contribution in [-0.2, 0) is 14.8 Å². The Morgan fingerprint density at radius 2 is 2.00 bits per heavy atom. The van der Waals surface area contributed by atoms with Crippen molar-refractivity contribution >= 4 is 38.6 Å². The van der Waals surface area contributed by atoms with Crippen molar-refractivity contribution in [1.29, 1.82) is 0 Å². The summed E-state index contributed by atoms with van der Waals surface area (Å²) in [5.74, 6) is -0.438. The Bertz CT molecular complexity index is 878. The summed E-state index contributed by atoms with van der Waals surface area (Å²) in [4.78, 5) is 22.6. The lowest BCUT2D eigenvalue weighted by Gasteiger charge is -2.22. The van der Waals surface area contributed by atoms with Gasteiger partial charge in [-0.2, -0.15) is 4.31 Å². The third-order valence-electron chi connectivity index (χ3n) is 3.91. The molecule has 1 N–H and O–H groups in total. The Kier molecular flexibility index (Phi) is 4.84. The van der Waals surface area contributed by atoms with Gasteiger partial charge in [-0.1, -0.05) is 6.07 Å². The van der Waals surface area contributed by atoms with Crippen LogP contribution in [-0.4, -0.2) is 36.1 Å². The van der Waals surface area contributed by atoms with E-state index >= 15 is 0 Å². The fourth-order valence-corrected chi connectivity index (χ4v) is 5.48. The first kappa shape index (κ1) is 17.5. The molecule has 8 nitrogen and oxygen atoms in total. The molecule has 0 bridgehead atoms. The third kappa shape index (κ3) is 3.55. The zero-order chi connectivity index (χ0) is 18.0. The molecule has 3 rings (SSSR count). The Morgan fingerprint density at radius 3 is 2.60 bits per heavy atom. The Labute approximate surface area is 148 Å². The van der Waals surface area contributed by atoms with Crippen molar-refractivity contribution in [3.05, 3.63) is 51.9 Å². The predicted octanol–water partition coefficient (Wildman–Crippen LogP) is 2.45. The summed E-state index contributed by atoms with van der Waals surface area (Å²) in [5, 5.41) is 15.0. The number of nitro benzene ring substituents is 1. The van der Waals surface area contributed by atoms with E-state index in [1.54, 1.807) is 11.4 Å². The zero-order valence-corrected chi connectivity index (χ0v) is 14.6. The van der Waals surface area contributed by atoms with Gasteiger partial charge in [0, 0.05) is 24.4 Å². The summed E-state index contributed by atoms with van der Waals surface area (Å²) in [7, 11) is -3.70. The summed E-state index contributed by atoms with van der Waals surface area (Å²) >= 11 is 1.11. The maximum atomic E-state index is 12.7. The number of nitrogens with zero attached hydrogens (tertiary/aromatic N) is 2. The molecule has 1 aromatic carbocycles. The van der Waals surface area contributed by atoms with Crippen LogP contribution in [0.5, 0.6) is 0 Å². The Balaban J connectivity index is 1.76. The normalized spacial score (nSPS) is 18.2. The SMILES string of the molecule is O=C(Nc1ccc([N+](=O)[O-])cc1)[C@@H]1CCCN1S(=O)(=O)c1cccs1. The van der Waals surface area contributed by atoms with Crippen LogP contribution in [0.25, 0.3) is 0 Å². The summed E-state index contributed by atoms with van der Waals surface area (Å²) in [5.41, 5.74) is 0.303. The number of non-ortho nitro benzene ring substituents is 1. The van der Waals surface area contributed by atoms with Gasteiger partial charge in [-0.25, -0.2) is 8.42 Å². The van der Waals surface area contributed by atoms with Crippen molar-refractivity contribution in [3.8, 4) is 0 Å². The first-order valence-electron chi connectivity index (χ1n) is 7.50. The monoisotopic (exact) mass is 381 g/mol. The number of carbonyl (C=O) groups is 1. The number of nitro groups is 1. The molecule has 0 spiro atoms. The van der Waals surface area contributed by atoms with Gasteiger partial charge >= 0.3 is 0 Å². The van der Waals surface area contributed by atoms with Crippen LogP contribution in [0.2, 0.25) is 0 Å². The largest absolute Gasteiger partial charge is 0.325 e. The molecular weight excluding hydrogens is 366 g/mol. The second kappa shape index (κ2) is 6.90. The van der Waals surface area contributed by atoms with E-state index < -0.39 is 26.9 Å². The van der Waals surface area contributed by atoms with E-state index in [2.05, 4.69) is 5.32 Å². The van der Waals surface area contributed by atoms with Crippen LogP contribution < -0.4 is 5.32 Å². The minimum Gasteiger partial charge on any atom is -0.325 e. The molecule has 1 amide bonds. The fraction of sp³-hybridized carbons (Fsp3) is 0.267. The van der Waals surface area contributed by atoms with Gasteiger partial charge in [0.15, 0.2) is 0 Å². The predicted molar refractivity (Wildman–Crippen MR) is 93.0 cm³/mol. The number of carbonyl (C=O) groups excluding carboxylic acids is 1. The molecule has 2 aromatic rings. The lowest BCUT2D eigenvalue weighted by atomic mass is 10.2. The Hall–Kier alpha value is -2.30. The summed E-state index contributed by atoms with van der Waals surface area (Å²) < 4.78 is 26.8. The number of thiophene rings is 1. The quantitative estimate of drug-likeness (QED) is 0.632. The van der Waals surface area contributed by atoms with Crippen molar-refractivity contribution in [3.63, 3.8) is 0 Å². The van der Waals surface area contributed by atoms with E-state index in [0.717, 1.165) is 11.3 Å². The van der Waals surface area contributed by atoms with Crippen LogP contribution in [0.1, 0.15) is 12.8 Å². The number of amides is 1. The number of sulfonamides is 1. The number of benzene rings is 1. The highest BCUT2D eigenvalue weighted by Crippen LogP contribution is 2.29. The number of rotatable bonds is 5. The zero-order valence-electron chi connectivity index (χ0n) is 13.0. The topological polar surface area (TPSA) is 110 Å². The number of hydrogen-bond donors (Lipinski definition) is 1. The molecule has 1 aliphatic rings. The van der Waals surface area contributed by atoms with Crippen molar-refractivity contribution in [2.75, 3.05) is 11.9 Å². The minimum absolute atomic E-state index is 0.0826. The summed E-state index contributed by atoms with van der Waals surface area (Å²) in [6.07, 6.45) is 1.03. The molecule has 1 atom stereocenters. The van der Waals surface area contributed by atoms with Crippen molar-refractivity contribution < 1.29 is 18.1 Å². The molecule has 1 aliphatic heterocycles. The molecule has 132 valence electrons. The molecule has 2 heterocycles. The fourth-order valence-electron chi connectivity index (χ4n) is 2.71. The average molecular weight is 381 g/mol. The second-order valence-corrected chi connectivity index (χ2v) is 8.56. The Morgan fingerprint density at radius 1 is 1.28 bits per heavy atom. The van der Waals surface area contributed by atoms with Crippen molar-refractivity contribution in [2.45, 2.75) is 23.1 Å². The van der Waals surface area contributed by atoms with E-state index in [0.29, 0.717) is 25.1 Å². The summed E-state index contributed by atoms with van der Waals surface area (Å²) in [6, 6.07) is 7.78. The second-order valence-electron chi connectivity index (χ2n) is 5.50. The van der Waals surface area contributed by atoms with Gasteiger partial charge in [-0.3, -0.25) is 14.9 Å². The molecule has 0 saturated carbocycles. The first-order chi connectivity index (χ1) is 11.9. The van der Waals surface area contributed by atoms with Crippen LogP contribution in [0.4, 0.5) is 11.4 Å². The molecule has 25 heavy (non-hydrogen) atoms. The smallest absolute Gasteiger partial charge is 0.269 e. The van der Waals surface area contributed by atoms with Crippen LogP contribution in [0.3, 0.4) is 0 Å². The maximum Gasteiger partial charge on any atom is 0.269 e. The molecule has 1 fully saturated rings. The highest BCUT2D eigenvalue weighted by Gasteiger charge is 2.39. The minimum atomic E-state index is -3.70. The van der Waals surface area contributed by atoms with Crippen LogP contribution in [0, 0.1) is 10.1 Å². The third-order valence-corrected chi connectivity index (χ3v) is 7.19. The standard InChI is InChI=1S/C15H15N3O5S2/c19-15(16-11-5-7-12(8-6-11)18(20)21)13-3-1-9-17(13)25(22,23)14-4-2-10-24-14/h2,4-8,10,13H,1,3,9H2,(H,16,19)/t13-/m0/s1. The summed E-state index contributed by atoms with van der Waals surface area (Å²) in [6.45, 7) is 0.290. The van der Waals surface area contributed by atoms with Gasteiger partial charge in [0.25, 0.3) is 15.7 Å². The van der Waals surface area contributed by atoms with Gasteiger partial charge in [0.1, 0.15) is 10.3 Å². The lowest BCUT2D eigenvalue weighted by Crippen LogP contribution is -2.42. The van der Waals surface area contributed by atoms with Crippen molar-refractivity contribution in [1.82, 2.24) is 4.31 Å². The van der Waals surface area contributed by atoms with Gasteiger partial charge in [-0.05, 0) is 36.4 Å². The van der Waals surface area contributed by atoms with Gasteiger partial charge in [0.2, 0.25) is 5.91 Å². The van der Waals surface area contributed by atoms with Gasteiger partial charge < -0.3 is 5.32 Å². The van der Waals surface area contributed by atoms with Crippen molar-refractivity contribution in [2.24, 2.45) is 0 Å². The molecule has 1 saturated heterocycles. The number of hydrogen-bond acceptors (Lipinski definition) is 6. The first-order valence-corrected chi connectivity index (χ1v) is 9.82. The van der Waals surface area contributed by atoms with E-state index in [1.165, 1.54) is 34.6 Å². The van der Waals surface area contributed by atoms with Crippen LogP contribution >= 0.6 is 11.3 Å². The molecular formula is C15H15N3O5S2. The maximum absolute atomic E-state index is 12.7. The molecule has 0 aliphatic carbocycles. The van der Waals surface area contributed by atoms with E-state index in [1.807, 2.05) is 0 Å². The average Bonchev–Trinajstić information content (AvgIpc) is 3.27. The highest BCUT2D eigenvalue weighted by atomic mass is 32.2. The lowest BCUT2D eigenvalue weighted by molar-refractivity contribution is -0.384. The van der Waals surface area contributed by atoms with E-state index in [9.17, 15) is 23.3 Å². The molecule has 10 heteroatoms. The van der Waals surface area contributed by atoms with E-state index in [-0.39, 0.29) is 9.90 Å². The molecule has 0 radical (unpaired) electrons. The van der Waals surface area contributed by atoms with E-state index in [4.69, 9.17) is 0 Å².